The predicted octanol–water partition coefficient (Wildman–Crippen LogP) is 6.64. The van der Waals surface area contributed by atoms with E-state index in [-0.39, 0.29) is 12.1 Å². The maximum Gasteiger partial charge on any atom is 0.174 e. The Hall–Kier alpha value is -3.44. The first-order chi connectivity index (χ1) is 15.6. The number of furan rings is 1. The number of thiocarbonyl (C=S) groups is 1. The number of pyridine rings is 1. The Morgan fingerprint density at radius 1 is 0.906 bits per heavy atom. The molecule has 2 unspecified atom stereocenters. The third-order valence-electron chi connectivity index (χ3n) is 5.91. The van der Waals surface area contributed by atoms with Crippen molar-refractivity contribution in [3.63, 3.8) is 0 Å². The van der Waals surface area contributed by atoms with Crippen LogP contribution in [0.5, 0.6) is 0 Å². The van der Waals surface area contributed by atoms with Crippen LogP contribution in [0.25, 0.3) is 11.3 Å². The number of anilines is 1. The molecule has 1 N–H and O–H groups in total. The zero-order valence-corrected chi connectivity index (χ0v) is 18.9. The van der Waals surface area contributed by atoms with Crippen molar-refractivity contribution in [1.29, 1.82) is 0 Å². The SMILES string of the molecule is CC(C)c1ccc(N2C(=S)NC(c3ccccn3)C2c2ccc(-c3ccccc3)o2)cc1. The molecule has 3 heterocycles. The number of benzene rings is 2. The van der Waals surface area contributed by atoms with Crippen LogP contribution in [0.3, 0.4) is 0 Å². The standard InChI is InChI=1S/C27H25N3OS/c1-18(2)19-11-13-21(14-12-19)30-26(25(29-27(30)32)22-10-6-7-17-28-22)24-16-15-23(31-24)20-8-4-3-5-9-20/h3-18,25-26H,1-2H3,(H,29,32). The predicted molar refractivity (Wildman–Crippen MR) is 133 cm³/mol. The van der Waals surface area contributed by atoms with Gasteiger partial charge in [-0.2, -0.15) is 0 Å². The van der Waals surface area contributed by atoms with E-state index in [4.69, 9.17) is 16.6 Å². The molecule has 0 aliphatic carbocycles. The van der Waals surface area contributed by atoms with Crippen molar-refractivity contribution in [2.75, 3.05) is 4.90 Å². The Kier molecular flexibility index (Phi) is 5.50. The lowest BCUT2D eigenvalue weighted by atomic mass is 10.0. The van der Waals surface area contributed by atoms with Crippen molar-refractivity contribution in [3.05, 3.63) is 108 Å². The second-order valence-corrected chi connectivity index (χ2v) is 8.70. The van der Waals surface area contributed by atoms with Crippen LogP contribution >= 0.6 is 12.2 Å². The number of rotatable bonds is 5. The Morgan fingerprint density at radius 2 is 1.66 bits per heavy atom. The smallest absolute Gasteiger partial charge is 0.174 e. The van der Waals surface area contributed by atoms with Gasteiger partial charge in [-0.1, -0.05) is 62.4 Å². The molecule has 5 heteroatoms. The lowest BCUT2D eigenvalue weighted by Crippen LogP contribution is -2.29. The molecule has 5 rings (SSSR count). The van der Waals surface area contributed by atoms with Gasteiger partial charge < -0.3 is 14.6 Å². The van der Waals surface area contributed by atoms with Gasteiger partial charge in [0.2, 0.25) is 0 Å². The van der Waals surface area contributed by atoms with Crippen molar-refractivity contribution in [1.82, 2.24) is 10.3 Å². The molecule has 2 aromatic carbocycles. The molecule has 1 fully saturated rings. The number of aromatic nitrogens is 1. The monoisotopic (exact) mass is 439 g/mol. The van der Waals surface area contributed by atoms with Crippen LogP contribution in [0.1, 0.15) is 48.9 Å². The van der Waals surface area contributed by atoms with Crippen molar-refractivity contribution in [2.45, 2.75) is 31.8 Å². The highest BCUT2D eigenvalue weighted by molar-refractivity contribution is 7.80. The number of nitrogens with zero attached hydrogens (tertiary/aromatic N) is 2. The molecule has 32 heavy (non-hydrogen) atoms. The highest BCUT2D eigenvalue weighted by atomic mass is 32.1. The molecular weight excluding hydrogens is 414 g/mol. The van der Waals surface area contributed by atoms with Gasteiger partial charge in [0.25, 0.3) is 0 Å². The fraction of sp³-hybridized carbons (Fsp3) is 0.185. The minimum Gasteiger partial charge on any atom is -0.459 e. The molecule has 1 saturated heterocycles. The first kappa shape index (κ1) is 20.5. The van der Waals surface area contributed by atoms with Crippen LogP contribution in [0.2, 0.25) is 0 Å². The van der Waals surface area contributed by atoms with Gasteiger partial charge in [0, 0.05) is 17.4 Å². The first-order valence-electron chi connectivity index (χ1n) is 10.9. The molecule has 4 aromatic rings. The summed E-state index contributed by atoms with van der Waals surface area (Å²) in [6, 6.07) is 28.5. The van der Waals surface area contributed by atoms with E-state index in [0.29, 0.717) is 11.0 Å². The molecule has 0 saturated carbocycles. The first-order valence-corrected chi connectivity index (χ1v) is 11.3. The summed E-state index contributed by atoms with van der Waals surface area (Å²) in [5.41, 5.74) is 4.32. The van der Waals surface area contributed by atoms with Gasteiger partial charge >= 0.3 is 0 Å². The van der Waals surface area contributed by atoms with Crippen LogP contribution in [-0.4, -0.2) is 10.1 Å². The van der Waals surface area contributed by atoms with E-state index in [9.17, 15) is 0 Å². The molecule has 4 nitrogen and oxygen atoms in total. The molecule has 1 aliphatic rings. The van der Waals surface area contributed by atoms with E-state index in [1.165, 1.54) is 5.56 Å². The molecule has 0 amide bonds. The lowest BCUT2D eigenvalue weighted by Gasteiger charge is -2.26. The maximum atomic E-state index is 6.40. The van der Waals surface area contributed by atoms with E-state index in [1.807, 2.05) is 54.7 Å². The third kappa shape index (κ3) is 3.80. The summed E-state index contributed by atoms with van der Waals surface area (Å²) in [4.78, 5) is 6.76. The summed E-state index contributed by atoms with van der Waals surface area (Å²) in [6.45, 7) is 4.40. The van der Waals surface area contributed by atoms with Crippen LogP contribution in [0, 0.1) is 0 Å². The second kappa shape index (κ2) is 8.60. The molecular formula is C27H25N3OS. The summed E-state index contributed by atoms with van der Waals surface area (Å²) in [5, 5.41) is 4.16. The van der Waals surface area contributed by atoms with Gasteiger partial charge in [0.1, 0.15) is 17.6 Å². The zero-order valence-electron chi connectivity index (χ0n) is 18.1. The summed E-state index contributed by atoms with van der Waals surface area (Å²) in [5.74, 6) is 2.16. The van der Waals surface area contributed by atoms with E-state index in [0.717, 1.165) is 28.5 Å². The van der Waals surface area contributed by atoms with Crippen LogP contribution in [-0.2, 0) is 0 Å². The quantitative estimate of drug-likeness (QED) is 0.353. The fourth-order valence-electron chi connectivity index (χ4n) is 4.21. The van der Waals surface area contributed by atoms with Gasteiger partial charge in [-0.3, -0.25) is 4.98 Å². The Labute approximate surface area is 193 Å². The van der Waals surface area contributed by atoms with E-state index >= 15 is 0 Å². The highest BCUT2D eigenvalue weighted by Gasteiger charge is 2.42. The summed E-state index contributed by atoms with van der Waals surface area (Å²) < 4.78 is 6.40. The van der Waals surface area contributed by atoms with Gasteiger partial charge in [0.15, 0.2) is 5.11 Å². The maximum absolute atomic E-state index is 6.40. The number of nitrogens with one attached hydrogen (secondary N) is 1. The average molecular weight is 440 g/mol. The molecule has 1 aliphatic heterocycles. The lowest BCUT2D eigenvalue weighted by molar-refractivity contribution is 0.439. The minimum atomic E-state index is -0.153. The Bertz CT molecular complexity index is 1200. The largest absolute Gasteiger partial charge is 0.459 e. The molecule has 0 bridgehead atoms. The minimum absolute atomic E-state index is 0.122. The Balaban J connectivity index is 1.58. The Morgan fingerprint density at radius 3 is 2.34 bits per heavy atom. The second-order valence-electron chi connectivity index (χ2n) is 8.31. The molecule has 0 spiro atoms. The van der Waals surface area contributed by atoms with E-state index in [1.54, 1.807) is 0 Å². The normalized spacial score (nSPS) is 18.2. The van der Waals surface area contributed by atoms with Crippen LogP contribution in [0.4, 0.5) is 5.69 Å². The van der Waals surface area contributed by atoms with Gasteiger partial charge in [-0.15, -0.1) is 0 Å². The average Bonchev–Trinajstić information content (AvgIpc) is 3.45. The van der Waals surface area contributed by atoms with Crippen LogP contribution in [0.15, 0.2) is 95.5 Å². The molecule has 2 aromatic heterocycles. The van der Waals surface area contributed by atoms with E-state index in [2.05, 4.69) is 65.4 Å². The summed E-state index contributed by atoms with van der Waals surface area (Å²) in [7, 11) is 0. The molecule has 2 atom stereocenters. The van der Waals surface area contributed by atoms with Crippen molar-refractivity contribution in [2.24, 2.45) is 0 Å². The van der Waals surface area contributed by atoms with Crippen LogP contribution < -0.4 is 10.2 Å². The van der Waals surface area contributed by atoms with Crippen molar-refractivity contribution in [3.8, 4) is 11.3 Å². The molecule has 160 valence electrons. The molecule has 0 radical (unpaired) electrons. The topological polar surface area (TPSA) is 41.3 Å². The van der Waals surface area contributed by atoms with Crippen molar-refractivity contribution >= 4 is 23.0 Å². The third-order valence-corrected chi connectivity index (χ3v) is 6.23. The van der Waals surface area contributed by atoms with Crippen molar-refractivity contribution < 1.29 is 4.42 Å². The zero-order chi connectivity index (χ0) is 22.1. The number of hydrogen-bond acceptors (Lipinski definition) is 3. The summed E-state index contributed by atoms with van der Waals surface area (Å²) in [6.07, 6.45) is 1.81. The van der Waals surface area contributed by atoms with Gasteiger partial charge in [-0.05, 0) is 60.1 Å². The van der Waals surface area contributed by atoms with Gasteiger partial charge in [-0.25, -0.2) is 0 Å². The van der Waals surface area contributed by atoms with Gasteiger partial charge in [0.05, 0.1) is 11.7 Å². The number of hydrogen-bond donors (Lipinski definition) is 1. The van der Waals surface area contributed by atoms with E-state index < -0.39 is 0 Å². The fourth-order valence-corrected chi connectivity index (χ4v) is 4.56. The highest BCUT2D eigenvalue weighted by Crippen LogP contribution is 2.43. The summed E-state index contributed by atoms with van der Waals surface area (Å²) >= 11 is 5.81.